The lowest BCUT2D eigenvalue weighted by atomic mass is 10.0. The molecule has 3 heterocycles. The molecule has 8 heteroatoms. The van der Waals surface area contributed by atoms with E-state index in [9.17, 15) is 13.2 Å². The van der Waals surface area contributed by atoms with Crippen molar-refractivity contribution in [3.05, 3.63) is 52.2 Å². The van der Waals surface area contributed by atoms with Crippen LogP contribution in [0.4, 0.5) is 0 Å². The summed E-state index contributed by atoms with van der Waals surface area (Å²) in [5.41, 5.74) is 0.543. The number of carbonyl (C=O) groups is 1. The van der Waals surface area contributed by atoms with Gasteiger partial charge in [-0.3, -0.25) is 4.79 Å². The van der Waals surface area contributed by atoms with Crippen molar-refractivity contribution in [2.75, 3.05) is 26.2 Å². The first-order valence-electron chi connectivity index (χ1n) is 10.2. The molecule has 0 atom stereocenters. The van der Waals surface area contributed by atoms with Gasteiger partial charge in [-0.25, -0.2) is 13.1 Å². The molecule has 0 radical (unpaired) electrons. The second-order valence-electron chi connectivity index (χ2n) is 7.69. The van der Waals surface area contributed by atoms with E-state index in [1.54, 1.807) is 12.1 Å². The zero-order valence-electron chi connectivity index (χ0n) is 16.4. The Bertz CT molecular complexity index is 913. The van der Waals surface area contributed by atoms with Crippen LogP contribution in [-0.2, 0) is 16.6 Å². The number of carbonyl (C=O) groups excluding carboxylic acids is 1. The Hall–Kier alpha value is -1.74. The number of sulfonamides is 1. The molecule has 2 aromatic rings. The number of amides is 1. The fraction of sp³-hybridized carbons (Fsp3) is 0.476. The van der Waals surface area contributed by atoms with Gasteiger partial charge in [-0.2, -0.15) is 0 Å². The molecule has 2 fully saturated rings. The number of thiophene rings is 1. The minimum absolute atomic E-state index is 0.0136. The van der Waals surface area contributed by atoms with Crippen LogP contribution in [0.1, 0.15) is 40.9 Å². The lowest BCUT2D eigenvalue weighted by Gasteiger charge is -2.36. The number of hydrogen-bond acceptors (Lipinski definition) is 5. The third-order valence-electron chi connectivity index (χ3n) is 5.84. The summed E-state index contributed by atoms with van der Waals surface area (Å²) in [6.07, 6.45) is 4.61. The van der Waals surface area contributed by atoms with Gasteiger partial charge >= 0.3 is 0 Å². The highest BCUT2D eigenvalue weighted by Crippen LogP contribution is 2.22. The van der Waals surface area contributed by atoms with Crippen LogP contribution >= 0.6 is 11.3 Å². The second kappa shape index (κ2) is 8.95. The number of rotatable bonds is 6. The van der Waals surface area contributed by atoms with Gasteiger partial charge in [-0.05, 0) is 74.5 Å². The van der Waals surface area contributed by atoms with Crippen LogP contribution in [0.2, 0.25) is 0 Å². The van der Waals surface area contributed by atoms with Gasteiger partial charge in [0.1, 0.15) is 0 Å². The van der Waals surface area contributed by atoms with Crippen molar-refractivity contribution in [1.82, 2.24) is 14.5 Å². The largest absolute Gasteiger partial charge is 0.339 e. The summed E-state index contributed by atoms with van der Waals surface area (Å²) in [5.74, 6) is -0.0136. The molecule has 156 valence electrons. The predicted molar refractivity (Wildman–Crippen MR) is 115 cm³/mol. The van der Waals surface area contributed by atoms with Crippen molar-refractivity contribution in [2.24, 2.45) is 0 Å². The average Bonchev–Trinajstić information content (AvgIpc) is 3.46. The first kappa shape index (κ1) is 20.5. The topological polar surface area (TPSA) is 69.7 Å². The molecule has 2 aliphatic heterocycles. The summed E-state index contributed by atoms with van der Waals surface area (Å²) in [7, 11) is -3.59. The maximum Gasteiger partial charge on any atom is 0.253 e. The maximum atomic E-state index is 12.8. The summed E-state index contributed by atoms with van der Waals surface area (Å²) in [6.45, 7) is 4.18. The first-order chi connectivity index (χ1) is 14.0. The van der Waals surface area contributed by atoms with Gasteiger partial charge in [0.05, 0.1) is 4.90 Å². The highest BCUT2D eigenvalue weighted by molar-refractivity contribution is 7.89. The van der Waals surface area contributed by atoms with E-state index < -0.39 is 10.0 Å². The van der Waals surface area contributed by atoms with Crippen molar-refractivity contribution >= 4 is 27.3 Å². The normalized spacial score (nSPS) is 19.0. The van der Waals surface area contributed by atoms with Gasteiger partial charge in [0, 0.05) is 36.1 Å². The molecule has 1 aromatic heterocycles. The van der Waals surface area contributed by atoms with Crippen LogP contribution in [0.15, 0.2) is 46.7 Å². The van der Waals surface area contributed by atoms with Crippen LogP contribution in [-0.4, -0.2) is 56.3 Å². The molecule has 0 aliphatic carbocycles. The van der Waals surface area contributed by atoms with Gasteiger partial charge in [-0.1, -0.05) is 6.07 Å². The number of hydrogen-bond donors (Lipinski definition) is 1. The Morgan fingerprint density at radius 1 is 1.03 bits per heavy atom. The van der Waals surface area contributed by atoms with E-state index in [0.717, 1.165) is 30.8 Å². The third-order valence-corrected chi connectivity index (χ3v) is 8.13. The molecule has 1 N–H and O–H groups in total. The smallest absolute Gasteiger partial charge is 0.253 e. The van der Waals surface area contributed by atoms with Crippen molar-refractivity contribution in [3.8, 4) is 0 Å². The van der Waals surface area contributed by atoms with E-state index in [-0.39, 0.29) is 17.3 Å². The lowest BCUT2D eigenvalue weighted by Crippen LogP contribution is -2.45. The molecular formula is C21H27N3O3S2. The SMILES string of the molecule is O=C(c1ccc(S(=O)(=O)NCc2cccs2)cc1)N1CCC(N2CCCC2)CC1. The molecule has 1 aromatic carbocycles. The molecule has 2 aliphatic rings. The molecule has 4 rings (SSSR count). The minimum atomic E-state index is -3.59. The van der Waals surface area contributed by atoms with Gasteiger partial charge < -0.3 is 9.80 Å². The van der Waals surface area contributed by atoms with Crippen LogP contribution < -0.4 is 4.72 Å². The van der Waals surface area contributed by atoms with Crippen LogP contribution in [0.3, 0.4) is 0 Å². The van der Waals surface area contributed by atoms with E-state index >= 15 is 0 Å². The standard InChI is InChI=1S/C21H27N3O3S2/c25-21(24-13-9-18(10-14-24)23-11-1-2-12-23)17-5-7-20(8-6-17)29(26,27)22-16-19-4-3-15-28-19/h3-8,15,18,22H,1-2,9-14,16H2. The number of benzene rings is 1. The summed E-state index contributed by atoms with van der Waals surface area (Å²) in [4.78, 5) is 18.4. The number of likely N-dealkylation sites (tertiary alicyclic amines) is 2. The zero-order chi connectivity index (χ0) is 20.3. The Kier molecular flexibility index (Phi) is 6.34. The van der Waals surface area contributed by atoms with E-state index in [4.69, 9.17) is 0 Å². The fourth-order valence-corrected chi connectivity index (χ4v) is 5.91. The number of nitrogens with zero attached hydrogens (tertiary/aromatic N) is 2. The number of piperidine rings is 1. The summed E-state index contributed by atoms with van der Waals surface area (Å²) < 4.78 is 27.5. The molecular weight excluding hydrogens is 406 g/mol. The molecule has 29 heavy (non-hydrogen) atoms. The monoisotopic (exact) mass is 433 g/mol. The summed E-state index contributed by atoms with van der Waals surface area (Å²) in [5, 5.41) is 1.91. The highest BCUT2D eigenvalue weighted by atomic mass is 32.2. The quantitative estimate of drug-likeness (QED) is 0.761. The van der Waals surface area contributed by atoms with Crippen LogP contribution in [0.25, 0.3) is 0 Å². The van der Waals surface area contributed by atoms with Crippen molar-refractivity contribution in [2.45, 2.75) is 43.2 Å². The zero-order valence-corrected chi connectivity index (χ0v) is 18.1. The van der Waals surface area contributed by atoms with Crippen molar-refractivity contribution in [1.29, 1.82) is 0 Å². The highest BCUT2D eigenvalue weighted by Gasteiger charge is 2.28. The van der Waals surface area contributed by atoms with E-state index in [0.29, 0.717) is 11.6 Å². The van der Waals surface area contributed by atoms with Gasteiger partial charge in [0.25, 0.3) is 5.91 Å². The lowest BCUT2D eigenvalue weighted by molar-refractivity contribution is 0.0644. The molecule has 0 saturated carbocycles. The Morgan fingerprint density at radius 2 is 1.72 bits per heavy atom. The van der Waals surface area contributed by atoms with E-state index in [2.05, 4.69) is 9.62 Å². The van der Waals surface area contributed by atoms with Crippen LogP contribution in [0.5, 0.6) is 0 Å². The first-order valence-corrected chi connectivity index (χ1v) is 12.5. The van der Waals surface area contributed by atoms with E-state index in [1.807, 2.05) is 22.4 Å². The van der Waals surface area contributed by atoms with Crippen molar-refractivity contribution < 1.29 is 13.2 Å². The maximum absolute atomic E-state index is 12.8. The average molecular weight is 434 g/mol. The summed E-state index contributed by atoms with van der Waals surface area (Å²) in [6, 6.07) is 10.7. The third kappa shape index (κ3) is 4.88. The Labute approximate surface area is 176 Å². The Morgan fingerprint density at radius 3 is 2.34 bits per heavy atom. The van der Waals surface area contributed by atoms with Crippen molar-refractivity contribution in [3.63, 3.8) is 0 Å². The van der Waals surface area contributed by atoms with Gasteiger partial charge in [0.15, 0.2) is 0 Å². The fourth-order valence-electron chi connectivity index (χ4n) is 4.16. The second-order valence-corrected chi connectivity index (χ2v) is 10.5. The Balaban J connectivity index is 1.34. The molecule has 6 nitrogen and oxygen atoms in total. The van der Waals surface area contributed by atoms with Gasteiger partial charge in [0.2, 0.25) is 10.0 Å². The van der Waals surface area contributed by atoms with Crippen LogP contribution in [0, 0.1) is 0 Å². The molecule has 0 spiro atoms. The molecule has 0 bridgehead atoms. The van der Waals surface area contributed by atoms with E-state index in [1.165, 1.54) is 49.4 Å². The number of nitrogens with one attached hydrogen (secondary N) is 1. The minimum Gasteiger partial charge on any atom is -0.339 e. The van der Waals surface area contributed by atoms with Gasteiger partial charge in [-0.15, -0.1) is 11.3 Å². The summed E-state index contributed by atoms with van der Waals surface area (Å²) >= 11 is 1.51. The molecule has 1 amide bonds. The molecule has 0 unspecified atom stereocenters. The predicted octanol–water partition coefficient (Wildman–Crippen LogP) is 2.93. The molecule has 2 saturated heterocycles.